The van der Waals surface area contributed by atoms with Crippen LogP contribution in [0.5, 0.6) is 0 Å². The van der Waals surface area contributed by atoms with Crippen molar-refractivity contribution in [1.82, 2.24) is 0 Å². The van der Waals surface area contributed by atoms with Crippen LogP contribution in [0.2, 0.25) is 0 Å². The van der Waals surface area contributed by atoms with Gasteiger partial charge in [-0.3, -0.25) is 4.79 Å². The number of nitrogens with one attached hydrogen (secondary N) is 1. The van der Waals surface area contributed by atoms with E-state index in [-0.39, 0.29) is 5.91 Å². The van der Waals surface area contributed by atoms with Crippen LogP contribution in [0.15, 0.2) is 48.5 Å². The summed E-state index contributed by atoms with van der Waals surface area (Å²) in [5, 5.41) is 2.99. The van der Waals surface area contributed by atoms with Gasteiger partial charge in [-0.1, -0.05) is 30.3 Å². The van der Waals surface area contributed by atoms with E-state index in [1.165, 1.54) is 0 Å². The van der Waals surface area contributed by atoms with Crippen molar-refractivity contribution < 1.29 is 4.79 Å². The van der Waals surface area contributed by atoms with E-state index in [2.05, 4.69) is 5.32 Å². The highest BCUT2D eigenvalue weighted by atomic mass is 16.1. The van der Waals surface area contributed by atoms with E-state index in [0.29, 0.717) is 18.5 Å². The van der Waals surface area contributed by atoms with Crippen LogP contribution in [0.3, 0.4) is 0 Å². The van der Waals surface area contributed by atoms with Gasteiger partial charge < -0.3 is 16.0 Å². The predicted octanol–water partition coefficient (Wildman–Crippen LogP) is 2.51. The molecule has 2 aromatic rings. The number of nitrogens with zero attached hydrogens (tertiary/aromatic N) is 1. The van der Waals surface area contributed by atoms with Crippen LogP contribution < -0.4 is 16.0 Å². The Hall–Kier alpha value is -2.33. The number of benzene rings is 2. The summed E-state index contributed by atoms with van der Waals surface area (Å²) in [5.41, 5.74) is 9.03. The molecule has 0 heterocycles. The average Bonchev–Trinajstić information content (AvgIpc) is 2.48. The predicted molar refractivity (Wildman–Crippen MR) is 87.9 cm³/mol. The molecule has 4 heteroatoms. The molecule has 0 aliphatic rings. The van der Waals surface area contributed by atoms with E-state index in [9.17, 15) is 4.79 Å². The van der Waals surface area contributed by atoms with Gasteiger partial charge >= 0.3 is 0 Å². The Kier molecular flexibility index (Phi) is 4.95. The second kappa shape index (κ2) is 6.90. The van der Waals surface area contributed by atoms with Crippen LogP contribution >= 0.6 is 0 Å². The number of para-hydroxylation sites is 2. The van der Waals surface area contributed by atoms with Gasteiger partial charge in [0, 0.05) is 19.7 Å². The van der Waals surface area contributed by atoms with Gasteiger partial charge in [0.15, 0.2) is 0 Å². The molecular weight excluding hydrogens is 262 g/mol. The van der Waals surface area contributed by atoms with Gasteiger partial charge in [0.2, 0.25) is 0 Å². The second-order valence-corrected chi connectivity index (χ2v) is 5.06. The molecule has 0 saturated carbocycles. The zero-order valence-corrected chi connectivity index (χ0v) is 12.5. The highest BCUT2D eigenvalue weighted by Gasteiger charge is 2.12. The van der Waals surface area contributed by atoms with E-state index >= 15 is 0 Å². The molecule has 0 radical (unpaired) electrons. The first kappa shape index (κ1) is 15.1. The molecule has 3 N–H and O–H groups in total. The summed E-state index contributed by atoms with van der Waals surface area (Å²) < 4.78 is 0. The van der Waals surface area contributed by atoms with Crippen LogP contribution in [0, 0.1) is 0 Å². The van der Waals surface area contributed by atoms with Gasteiger partial charge in [0.1, 0.15) is 0 Å². The Bertz CT molecular complexity index is 623. The molecule has 1 amide bonds. The van der Waals surface area contributed by atoms with Gasteiger partial charge in [0.05, 0.1) is 11.4 Å². The molecule has 110 valence electrons. The van der Waals surface area contributed by atoms with E-state index < -0.39 is 0 Å². The van der Waals surface area contributed by atoms with Crippen molar-refractivity contribution >= 4 is 17.3 Å². The Morgan fingerprint density at radius 1 is 1.10 bits per heavy atom. The monoisotopic (exact) mass is 283 g/mol. The van der Waals surface area contributed by atoms with Crippen molar-refractivity contribution in [2.45, 2.75) is 6.42 Å². The van der Waals surface area contributed by atoms with E-state index in [1.54, 1.807) is 0 Å². The summed E-state index contributed by atoms with van der Waals surface area (Å²) in [7, 11) is 3.90. The quantitative estimate of drug-likeness (QED) is 0.886. The lowest BCUT2D eigenvalue weighted by Crippen LogP contribution is -2.18. The van der Waals surface area contributed by atoms with Crippen molar-refractivity contribution in [3.63, 3.8) is 0 Å². The van der Waals surface area contributed by atoms with Gasteiger partial charge in [0.25, 0.3) is 5.91 Å². The fourth-order valence-corrected chi connectivity index (χ4v) is 2.27. The minimum Gasteiger partial charge on any atom is -0.376 e. The molecule has 21 heavy (non-hydrogen) atoms. The van der Waals surface area contributed by atoms with Crippen LogP contribution in [0.25, 0.3) is 0 Å². The highest BCUT2D eigenvalue weighted by Crippen LogP contribution is 2.24. The molecular formula is C17H21N3O. The highest BCUT2D eigenvalue weighted by molar-refractivity contribution is 6.06. The third-order valence-corrected chi connectivity index (χ3v) is 3.31. The fraction of sp³-hybridized carbons (Fsp3) is 0.235. The van der Waals surface area contributed by atoms with Gasteiger partial charge in [-0.15, -0.1) is 0 Å². The van der Waals surface area contributed by atoms with Crippen LogP contribution in [0.4, 0.5) is 11.4 Å². The molecule has 0 atom stereocenters. The number of hydrogen-bond acceptors (Lipinski definition) is 3. The maximum Gasteiger partial charge on any atom is 0.255 e. The third kappa shape index (κ3) is 3.61. The van der Waals surface area contributed by atoms with Crippen LogP contribution in [-0.4, -0.2) is 26.5 Å². The summed E-state index contributed by atoms with van der Waals surface area (Å²) in [4.78, 5) is 14.5. The first-order valence-corrected chi connectivity index (χ1v) is 6.99. The zero-order chi connectivity index (χ0) is 15.2. The number of anilines is 2. The molecule has 0 bridgehead atoms. The molecule has 0 aromatic heterocycles. The topological polar surface area (TPSA) is 58.4 Å². The number of carbonyl (C=O) groups is 1. The third-order valence-electron chi connectivity index (χ3n) is 3.31. The summed E-state index contributed by atoms with van der Waals surface area (Å²) in [5.74, 6) is -0.103. The Labute approximate surface area is 125 Å². The average molecular weight is 283 g/mol. The van der Waals surface area contributed by atoms with Gasteiger partial charge in [-0.2, -0.15) is 0 Å². The number of carbonyl (C=O) groups excluding carboxylic acids is 1. The summed E-state index contributed by atoms with van der Waals surface area (Å²) in [6.07, 6.45) is 0.693. The standard InChI is InChI=1S/C17H21N3O/c1-20(2)16-10-6-5-9-15(16)19-17(21)14-8-4-3-7-13(14)11-12-18/h3-10H,11-12,18H2,1-2H3,(H,19,21). The van der Waals surface area contributed by atoms with E-state index in [0.717, 1.165) is 16.9 Å². The minimum absolute atomic E-state index is 0.103. The summed E-state index contributed by atoms with van der Waals surface area (Å²) >= 11 is 0. The molecule has 2 rings (SSSR count). The van der Waals surface area contributed by atoms with Crippen molar-refractivity contribution in [1.29, 1.82) is 0 Å². The van der Waals surface area contributed by atoms with E-state index in [4.69, 9.17) is 5.73 Å². The Morgan fingerprint density at radius 3 is 2.48 bits per heavy atom. The Balaban J connectivity index is 2.27. The van der Waals surface area contributed by atoms with Crippen LogP contribution in [-0.2, 0) is 6.42 Å². The maximum absolute atomic E-state index is 12.5. The van der Waals surface area contributed by atoms with Crippen molar-refractivity contribution in [3.05, 3.63) is 59.7 Å². The first-order chi connectivity index (χ1) is 10.1. The SMILES string of the molecule is CN(C)c1ccccc1NC(=O)c1ccccc1CCN. The number of rotatable bonds is 5. The molecule has 0 spiro atoms. The number of amides is 1. The lowest BCUT2D eigenvalue weighted by molar-refractivity contribution is 0.102. The molecule has 0 aliphatic heterocycles. The van der Waals surface area contributed by atoms with Gasteiger partial charge in [-0.25, -0.2) is 0 Å². The smallest absolute Gasteiger partial charge is 0.255 e. The summed E-state index contributed by atoms with van der Waals surface area (Å²) in [6.45, 7) is 0.526. The van der Waals surface area contributed by atoms with Crippen molar-refractivity contribution in [2.75, 3.05) is 30.9 Å². The zero-order valence-electron chi connectivity index (χ0n) is 12.5. The maximum atomic E-state index is 12.5. The minimum atomic E-state index is -0.103. The Morgan fingerprint density at radius 2 is 1.76 bits per heavy atom. The van der Waals surface area contributed by atoms with E-state index in [1.807, 2.05) is 67.5 Å². The molecule has 0 aliphatic carbocycles. The lowest BCUT2D eigenvalue weighted by atomic mass is 10.0. The van der Waals surface area contributed by atoms with Crippen molar-refractivity contribution in [2.24, 2.45) is 5.73 Å². The molecule has 4 nitrogen and oxygen atoms in total. The van der Waals surface area contributed by atoms with Gasteiger partial charge in [-0.05, 0) is 36.7 Å². The molecule has 2 aromatic carbocycles. The normalized spacial score (nSPS) is 10.2. The number of hydrogen-bond donors (Lipinski definition) is 2. The molecule has 0 unspecified atom stereocenters. The lowest BCUT2D eigenvalue weighted by Gasteiger charge is -2.18. The second-order valence-electron chi connectivity index (χ2n) is 5.06. The first-order valence-electron chi connectivity index (χ1n) is 6.99. The van der Waals surface area contributed by atoms with Crippen LogP contribution in [0.1, 0.15) is 15.9 Å². The summed E-state index contributed by atoms with van der Waals surface area (Å²) in [6, 6.07) is 15.3. The molecule has 0 fully saturated rings. The number of nitrogens with two attached hydrogens (primary N) is 1. The molecule has 0 saturated heterocycles. The fourth-order valence-electron chi connectivity index (χ4n) is 2.27. The van der Waals surface area contributed by atoms with Crippen molar-refractivity contribution in [3.8, 4) is 0 Å². The largest absolute Gasteiger partial charge is 0.376 e.